The molecule has 0 aliphatic rings. The summed E-state index contributed by atoms with van der Waals surface area (Å²) >= 11 is 6.13. The molecule has 1 unspecified atom stereocenters. The molecule has 0 radical (unpaired) electrons. The van der Waals surface area contributed by atoms with E-state index < -0.39 is 24.7 Å². The first-order chi connectivity index (χ1) is 13.0. The molecule has 0 saturated heterocycles. The summed E-state index contributed by atoms with van der Waals surface area (Å²) in [7, 11) is 0. The van der Waals surface area contributed by atoms with Crippen molar-refractivity contribution >= 4 is 23.3 Å². The number of amides is 1. The number of alkyl halides is 3. The van der Waals surface area contributed by atoms with Gasteiger partial charge in [-0.2, -0.15) is 13.2 Å². The van der Waals surface area contributed by atoms with Crippen LogP contribution in [0.4, 0.5) is 13.2 Å². The third-order valence-corrected chi connectivity index (χ3v) is 4.02. The number of aromatic nitrogens is 1. The van der Waals surface area contributed by atoms with Gasteiger partial charge in [-0.15, -0.1) is 0 Å². The highest BCUT2D eigenvalue weighted by Crippen LogP contribution is 2.28. The molecule has 1 amide bonds. The number of ketones is 1. The molecule has 9 heteroatoms. The van der Waals surface area contributed by atoms with Crippen LogP contribution in [0.3, 0.4) is 0 Å². The Hall–Kier alpha value is -2.61. The first kappa shape index (κ1) is 21.7. The highest BCUT2D eigenvalue weighted by Gasteiger charge is 2.28. The molecule has 0 spiro atoms. The fraction of sp³-hybridized carbons (Fsp3) is 0.316. The van der Waals surface area contributed by atoms with Crippen molar-refractivity contribution in [2.24, 2.45) is 0 Å². The van der Waals surface area contributed by atoms with Crippen molar-refractivity contribution in [2.45, 2.75) is 32.5 Å². The molecule has 5 nitrogen and oxygen atoms in total. The normalized spacial score (nSPS) is 12.4. The predicted octanol–water partition coefficient (Wildman–Crippen LogP) is 4.30. The minimum atomic E-state index is -4.45. The monoisotopic (exact) mass is 414 g/mol. The first-order valence-corrected chi connectivity index (χ1v) is 8.67. The standard InChI is InChI=1S/C19H18ClF3N2O3/c1-11(26)7-14-8-13(5-6-24-14)18(27)25-12(2)16-4-3-15(9-17(16)20)28-10-19(21,22)23/h3-6,8-9,12H,7,10H2,1-2H3,(H,25,27). The van der Waals surface area contributed by atoms with Crippen LogP contribution in [-0.2, 0) is 11.2 Å². The summed E-state index contributed by atoms with van der Waals surface area (Å²) < 4.78 is 41.3. The number of nitrogens with zero attached hydrogens (tertiary/aromatic N) is 1. The Labute approximate surface area is 164 Å². The smallest absolute Gasteiger partial charge is 0.422 e. The lowest BCUT2D eigenvalue weighted by molar-refractivity contribution is -0.153. The number of Topliss-reactive ketones (excluding diaryl/α,β-unsaturated/α-hetero) is 1. The lowest BCUT2D eigenvalue weighted by atomic mass is 10.1. The van der Waals surface area contributed by atoms with E-state index in [0.717, 1.165) is 0 Å². The van der Waals surface area contributed by atoms with Crippen LogP contribution in [0.1, 0.15) is 41.5 Å². The zero-order valence-electron chi connectivity index (χ0n) is 15.1. The number of hydrogen-bond acceptors (Lipinski definition) is 4. The van der Waals surface area contributed by atoms with Crippen molar-refractivity contribution < 1.29 is 27.5 Å². The largest absolute Gasteiger partial charge is 0.484 e. The fourth-order valence-corrected chi connectivity index (χ4v) is 2.78. The Morgan fingerprint density at radius 3 is 2.57 bits per heavy atom. The highest BCUT2D eigenvalue weighted by molar-refractivity contribution is 6.31. The molecule has 0 aliphatic carbocycles. The number of nitrogens with one attached hydrogen (secondary N) is 1. The zero-order valence-corrected chi connectivity index (χ0v) is 15.9. The lowest BCUT2D eigenvalue weighted by Crippen LogP contribution is -2.27. The molecule has 1 heterocycles. The van der Waals surface area contributed by atoms with E-state index in [1.807, 2.05) is 0 Å². The molecule has 1 aromatic carbocycles. The van der Waals surface area contributed by atoms with E-state index in [1.165, 1.54) is 43.5 Å². The van der Waals surface area contributed by atoms with Gasteiger partial charge in [-0.3, -0.25) is 14.6 Å². The molecule has 0 aliphatic heterocycles. The van der Waals surface area contributed by atoms with Crippen LogP contribution >= 0.6 is 11.6 Å². The summed E-state index contributed by atoms with van der Waals surface area (Å²) in [4.78, 5) is 27.7. The Morgan fingerprint density at radius 1 is 1.25 bits per heavy atom. The number of pyridine rings is 1. The number of halogens is 4. The first-order valence-electron chi connectivity index (χ1n) is 8.29. The third-order valence-electron chi connectivity index (χ3n) is 3.70. The number of rotatable bonds is 7. The van der Waals surface area contributed by atoms with E-state index in [0.29, 0.717) is 16.8 Å². The Kier molecular flexibility index (Phi) is 7.01. The predicted molar refractivity (Wildman–Crippen MR) is 97.5 cm³/mol. The van der Waals surface area contributed by atoms with Crippen LogP contribution in [0.2, 0.25) is 5.02 Å². The van der Waals surface area contributed by atoms with Gasteiger partial charge in [0.05, 0.1) is 6.04 Å². The van der Waals surface area contributed by atoms with Gasteiger partial charge in [0, 0.05) is 28.9 Å². The van der Waals surface area contributed by atoms with Crippen LogP contribution < -0.4 is 10.1 Å². The van der Waals surface area contributed by atoms with E-state index in [9.17, 15) is 22.8 Å². The van der Waals surface area contributed by atoms with Crippen LogP contribution in [0, 0.1) is 0 Å². The summed E-state index contributed by atoms with van der Waals surface area (Å²) in [5, 5.41) is 2.92. The van der Waals surface area contributed by atoms with Crippen molar-refractivity contribution in [3.05, 3.63) is 58.4 Å². The quantitative estimate of drug-likeness (QED) is 0.733. The van der Waals surface area contributed by atoms with Gasteiger partial charge in [0.2, 0.25) is 0 Å². The number of carbonyl (C=O) groups is 2. The number of hydrogen-bond donors (Lipinski definition) is 1. The molecule has 0 fully saturated rings. The van der Waals surface area contributed by atoms with E-state index >= 15 is 0 Å². The third kappa shape index (κ3) is 6.53. The van der Waals surface area contributed by atoms with Crippen molar-refractivity contribution in [1.82, 2.24) is 10.3 Å². The van der Waals surface area contributed by atoms with Crippen LogP contribution in [-0.4, -0.2) is 29.5 Å². The maximum absolute atomic E-state index is 12.4. The number of benzene rings is 1. The average molecular weight is 415 g/mol. The van der Waals surface area contributed by atoms with E-state index in [1.54, 1.807) is 6.92 Å². The molecular formula is C19H18ClF3N2O3. The van der Waals surface area contributed by atoms with Crippen LogP contribution in [0.5, 0.6) is 5.75 Å². The van der Waals surface area contributed by atoms with Crippen molar-refractivity contribution in [3.8, 4) is 5.75 Å². The Morgan fingerprint density at radius 2 is 1.96 bits per heavy atom. The molecule has 2 aromatic rings. The zero-order chi connectivity index (χ0) is 20.9. The summed E-state index contributed by atoms with van der Waals surface area (Å²) in [6, 6.07) is 6.64. The summed E-state index contributed by atoms with van der Waals surface area (Å²) in [5.41, 5.74) is 1.34. The molecule has 0 bridgehead atoms. The van der Waals surface area contributed by atoms with Gasteiger partial charge in [-0.05, 0) is 43.7 Å². The van der Waals surface area contributed by atoms with Gasteiger partial charge in [0.1, 0.15) is 11.5 Å². The van der Waals surface area contributed by atoms with E-state index in [-0.39, 0.29) is 23.0 Å². The molecule has 0 saturated carbocycles. The van der Waals surface area contributed by atoms with Gasteiger partial charge in [0.25, 0.3) is 5.91 Å². The highest BCUT2D eigenvalue weighted by atomic mass is 35.5. The number of ether oxygens (including phenoxy) is 1. The van der Waals surface area contributed by atoms with Gasteiger partial charge >= 0.3 is 6.18 Å². The Balaban J connectivity index is 2.07. The van der Waals surface area contributed by atoms with Crippen LogP contribution in [0.25, 0.3) is 0 Å². The minimum Gasteiger partial charge on any atom is -0.484 e. The fourth-order valence-electron chi connectivity index (χ4n) is 2.44. The average Bonchev–Trinajstić information content (AvgIpc) is 2.59. The van der Waals surface area contributed by atoms with Gasteiger partial charge in [-0.25, -0.2) is 0 Å². The molecular weight excluding hydrogens is 397 g/mol. The van der Waals surface area contributed by atoms with Crippen molar-refractivity contribution in [2.75, 3.05) is 6.61 Å². The maximum Gasteiger partial charge on any atom is 0.422 e. The van der Waals surface area contributed by atoms with E-state index in [4.69, 9.17) is 11.6 Å². The van der Waals surface area contributed by atoms with Crippen molar-refractivity contribution in [3.63, 3.8) is 0 Å². The number of carbonyl (C=O) groups excluding carboxylic acids is 2. The SMILES string of the molecule is CC(=O)Cc1cc(C(=O)NC(C)c2ccc(OCC(F)(F)F)cc2Cl)ccn1. The van der Waals surface area contributed by atoms with Gasteiger partial charge < -0.3 is 10.1 Å². The second-order valence-electron chi connectivity index (χ2n) is 6.20. The summed E-state index contributed by atoms with van der Waals surface area (Å²) in [6.07, 6.45) is -2.88. The maximum atomic E-state index is 12.4. The Bertz CT molecular complexity index is 872. The van der Waals surface area contributed by atoms with E-state index in [2.05, 4.69) is 15.0 Å². The molecule has 1 atom stereocenters. The second-order valence-corrected chi connectivity index (χ2v) is 6.60. The topological polar surface area (TPSA) is 68.3 Å². The molecule has 150 valence electrons. The second kappa shape index (κ2) is 9.05. The molecule has 2 rings (SSSR count). The molecule has 28 heavy (non-hydrogen) atoms. The minimum absolute atomic E-state index is 0.0207. The lowest BCUT2D eigenvalue weighted by Gasteiger charge is -2.17. The molecule has 1 N–H and O–H groups in total. The van der Waals surface area contributed by atoms with Crippen LogP contribution in [0.15, 0.2) is 36.5 Å². The van der Waals surface area contributed by atoms with Gasteiger partial charge in [-0.1, -0.05) is 17.7 Å². The van der Waals surface area contributed by atoms with Gasteiger partial charge in [0.15, 0.2) is 6.61 Å². The summed E-state index contributed by atoms with van der Waals surface area (Å²) in [5.74, 6) is -0.487. The molecule has 1 aromatic heterocycles. The summed E-state index contributed by atoms with van der Waals surface area (Å²) in [6.45, 7) is 1.70. The van der Waals surface area contributed by atoms with Crippen molar-refractivity contribution in [1.29, 1.82) is 0 Å².